The number of thiophene rings is 1. The highest BCUT2D eigenvalue weighted by atomic mass is 32.1. The molecular formula is C26H35N3O4S2. The van der Waals surface area contributed by atoms with Crippen molar-refractivity contribution in [1.82, 2.24) is 14.8 Å². The second kappa shape index (κ2) is 9.25. The maximum Gasteiger partial charge on any atom is 0.223 e. The van der Waals surface area contributed by atoms with Crippen LogP contribution in [0.15, 0.2) is 16.8 Å². The summed E-state index contributed by atoms with van der Waals surface area (Å²) in [5.74, 6) is 0.140. The molecule has 2 fully saturated rings. The van der Waals surface area contributed by atoms with Gasteiger partial charge in [-0.1, -0.05) is 13.8 Å². The van der Waals surface area contributed by atoms with E-state index in [4.69, 9.17) is 4.98 Å². The summed E-state index contributed by atoms with van der Waals surface area (Å²) in [6.45, 7) is 8.01. The van der Waals surface area contributed by atoms with Crippen molar-refractivity contribution in [3.8, 4) is 10.6 Å². The topological polar surface area (TPSA) is 94.0 Å². The molecule has 7 nitrogen and oxygen atoms in total. The van der Waals surface area contributed by atoms with Gasteiger partial charge in [-0.05, 0) is 42.0 Å². The van der Waals surface area contributed by atoms with Crippen LogP contribution in [-0.2, 0) is 16.0 Å². The standard InChI is InChI=1S/C26H35N3O4S2/c1-16(31)28-7-9-29(10-8-28)22(33)12-18-23-19(35-24(27-23)17-5-11-34-14-17)13-20-25(18,2)6-4-21(32)26(20,3)15-30/h5,11,14,18,20-21,30,32H,4,6-10,12-13,15H2,1-3H3. The normalized spacial score (nSPS) is 32.8. The van der Waals surface area contributed by atoms with E-state index in [-0.39, 0.29) is 35.7 Å². The summed E-state index contributed by atoms with van der Waals surface area (Å²) in [4.78, 5) is 35.3. The summed E-state index contributed by atoms with van der Waals surface area (Å²) in [5, 5.41) is 26.5. The number of piperazine rings is 1. The predicted molar refractivity (Wildman–Crippen MR) is 137 cm³/mol. The molecule has 0 bridgehead atoms. The molecular weight excluding hydrogens is 482 g/mol. The zero-order valence-electron chi connectivity index (χ0n) is 20.7. The van der Waals surface area contributed by atoms with E-state index in [1.54, 1.807) is 34.5 Å². The quantitative estimate of drug-likeness (QED) is 0.649. The number of amides is 2. The number of aliphatic hydroxyl groups is 2. The Kier molecular flexibility index (Phi) is 6.57. The van der Waals surface area contributed by atoms with Crippen LogP contribution in [0.5, 0.6) is 0 Å². The largest absolute Gasteiger partial charge is 0.396 e. The van der Waals surface area contributed by atoms with E-state index in [0.29, 0.717) is 39.0 Å². The van der Waals surface area contributed by atoms with E-state index in [0.717, 1.165) is 29.1 Å². The summed E-state index contributed by atoms with van der Waals surface area (Å²) in [6, 6.07) is 2.08. The first-order chi connectivity index (χ1) is 16.7. The van der Waals surface area contributed by atoms with E-state index in [1.807, 2.05) is 11.8 Å². The van der Waals surface area contributed by atoms with Crippen LogP contribution >= 0.6 is 22.7 Å². The van der Waals surface area contributed by atoms with Crippen LogP contribution < -0.4 is 0 Å². The molecule has 35 heavy (non-hydrogen) atoms. The van der Waals surface area contributed by atoms with E-state index < -0.39 is 11.5 Å². The molecule has 2 aromatic heterocycles. The molecule has 2 aliphatic carbocycles. The number of rotatable bonds is 4. The number of thiazole rings is 1. The predicted octanol–water partition coefficient (Wildman–Crippen LogP) is 3.37. The Morgan fingerprint density at radius 3 is 2.54 bits per heavy atom. The lowest BCUT2D eigenvalue weighted by molar-refractivity contribution is -0.149. The van der Waals surface area contributed by atoms with Gasteiger partial charge in [-0.3, -0.25) is 9.59 Å². The maximum atomic E-state index is 13.6. The average molecular weight is 518 g/mol. The summed E-state index contributed by atoms with van der Waals surface area (Å²) in [5.41, 5.74) is 1.27. The number of hydrogen-bond acceptors (Lipinski definition) is 7. The molecule has 2 aromatic rings. The molecule has 5 atom stereocenters. The first-order valence-electron chi connectivity index (χ1n) is 12.5. The summed E-state index contributed by atoms with van der Waals surface area (Å²) >= 11 is 3.34. The number of hydrogen-bond donors (Lipinski definition) is 2. The molecule has 2 amide bonds. The molecule has 2 N–H and O–H groups in total. The molecule has 5 rings (SSSR count). The summed E-state index contributed by atoms with van der Waals surface area (Å²) < 4.78 is 0. The fraction of sp³-hybridized carbons (Fsp3) is 0.654. The molecule has 0 radical (unpaired) electrons. The third-order valence-electron chi connectivity index (χ3n) is 9.12. The van der Waals surface area contributed by atoms with Gasteiger partial charge in [0.25, 0.3) is 0 Å². The van der Waals surface area contributed by atoms with Gasteiger partial charge in [-0.15, -0.1) is 11.3 Å². The van der Waals surface area contributed by atoms with Gasteiger partial charge in [0.1, 0.15) is 5.01 Å². The number of carbonyl (C=O) groups is 2. The summed E-state index contributed by atoms with van der Waals surface area (Å²) in [7, 11) is 0. The Morgan fingerprint density at radius 2 is 1.91 bits per heavy atom. The lowest BCUT2D eigenvalue weighted by Gasteiger charge is -2.58. The van der Waals surface area contributed by atoms with Crippen molar-refractivity contribution in [3.63, 3.8) is 0 Å². The second-order valence-electron chi connectivity index (χ2n) is 11.0. The van der Waals surface area contributed by atoms with Crippen molar-refractivity contribution in [2.24, 2.45) is 16.7 Å². The van der Waals surface area contributed by atoms with Gasteiger partial charge in [0.2, 0.25) is 11.8 Å². The van der Waals surface area contributed by atoms with Crippen LogP contribution in [-0.4, -0.2) is 75.7 Å². The Hall–Kier alpha value is -1.81. The van der Waals surface area contributed by atoms with Gasteiger partial charge in [-0.25, -0.2) is 4.98 Å². The molecule has 3 aliphatic rings. The number of aromatic nitrogens is 1. The highest BCUT2D eigenvalue weighted by Gasteiger charge is 2.59. The minimum atomic E-state index is -0.619. The molecule has 1 aliphatic heterocycles. The minimum absolute atomic E-state index is 0.0526. The van der Waals surface area contributed by atoms with Crippen molar-refractivity contribution < 1.29 is 19.8 Å². The fourth-order valence-electron chi connectivity index (χ4n) is 6.73. The SMILES string of the molecule is CC(=O)N1CCN(C(=O)CC2c3nc(-c4ccsc4)sc3CC3C(C)(CO)C(O)CCC23C)CC1. The monoisotopic (exact) mass is 517 g/mol. The van der Waals surface area contributed by atoms with Crippen molar-refractivity contribution in [1.29, 1.82) is 0 Å². The van der Waals surface area contributed by atoms with Crippen LogP contribution in [0.25, 0.3) is 10.6 Å². The molecule has 9 heteroatoms. The highest BCUT2D eigenvalue weighted by Crippen LogP contribution is 2.63. The Morgan fingerprint density at radius 1 is 1.20 bits per heavy atom. The van der Waals surface area contributed by atoms with Gasteiger partial charge in [-0.2, -0.15) is 11.3 Å². The van der Waals surface area contributed by atoms with Crippen molar-refractivity contribution in [2.45, 2.75) is 58.5 Å². The third-order valence-corrected chi connectivity index (χ3v) is 10.9. The third kappa shape index (κ3) is 4.14. The highest BCUT2D eigenvalue weighted by molar-refractivity contribution is 7.15. The molecule has 5 unspecified atom stereocenters. The first-order valence-corrected chi connectivity index (χ1v) is 14.3. The molecule has 3 heterocycles. The van der Waals surface area contributed by atoms with E-state index in [1.165, 1.54) is 4.88 Å². The van der Waals surface area contributed by atoms with Crippen molar-refractivity contribution >= 4 is 34.5 Å². The van der Waals surface area contributed by atoms with Crippen LogP contribution in [0.3, 0.4) is 0 Å². The lowest BCUT2D eigenvalue weighted by Crippen LogP contribution is -2.58. The minimum Gasteiger partial charge on any atom is -0.396 e. The van der Waals surface area contributed by atoms with E-state index in [2.05, 4.69) is 23.8 Å². The van der Waals surface area contributed by atoms with Crippen LogP contribution in [0.1, 0.15) is 56.5 Å². The number of fused-ring (bicyclic) bond motifs is 2. The van der Waals surface area contributed by atoms with E-state index in [9.17, 15) is 19.8 Å². The number of carbonyl (C=O) groups excluding carboxylic acids is 2. The Bertz CT molecular complexity index is 1090. The molecule has 1 saturated carbocycles. The smallest absolute Gasteiger partial charge is 0.223 e. The number of aliphatic hydroxyl groups excluding tert-OH is 2. The van der Waals surface area contributed by atoms with Gasteiger partial charge >= 0.3 is 0 Å². The average Bonchev–Trinajstić information content (AvgIpc) is 3.53. The van der Waals surface area contributed by atoms with Gasteiger partial charge in [0, 0.05) is 66.7 Å². The molecule has 0 spiro atoms. The van der Waals surface area contributed by atoms with Crippen LogP contribution in [0, 0.1) is 16.7 Å². The van der Waals surface area contributed by atoms with Gasteiger partial charge in [0.15, 0.2) is 0 Å². The van der Waals surface area contributed by atoms with Crippen LogP contribution in [0.4, 0.5) is 0 Å². The van der Waals surface area contributed by atoms with Gasteiger partial charge in [0.05, 0.1) is 18.4 Å². The maximum absolute atomic E-state index is 13.6. The summed E-state index contributed by atoms with van der Waals surface area (Å²) in [6.07, 6.45) is 1.99. The zero-order chi connectivity index (χ0) is 25.0. The first kappa shape index (κ1) is 24.9. The fourth-order valence-corrected chi connectivity index (χ4v) is 8.61. The zero-order valence-corrected chi connectivity index (χ0v) is 22.3. The Labute approximate surface area is 214 Å². The van der Waals surface area contributed by atoms with Gasteiger partial charge < -0.3 is 20.0 Å². The van der Waals surface area contributed by atoms with E-state index >= 15 is 0 Å². The van der Waals surface area contributed by atoms with Crippen molar-refractivity contribution in [2.75, 3.05) is 32.8 Å². The Balaban J connectivity index is 1.49. The van der Waals surface area contributed by atoms with Crippen molar-refractivity contribution in [3.05, 3.63) is 27.4 Å². The second-order valence-corrected chi connectivity index (χ2v) is 12.8. The molecule has 1 saturated heterocycles. The number of nitrogens with zero attached hydrogens (tertiary/aromatic N) is 3. The molecule has 0 aromatic carbocycles. The molecule has 190 valence electrons. The lowest BCUT2D eigenvalue weighted by atomic mass is 9.47. The van der Waals surface area contributed by atoms with Crippen LogP contribution in [0.2, 0.25) is 0 Å².